The van der Waals surface area contributed by atoms with Crippen LogP contribution in [0.3, 0.4) is 0 Å². The van der Waals surface area contributed by atoms with Crippen LogP contribution in [0.4, 0.5) is 0 Å². The lowest BCUT2D eigenvalue weighted by molar-refractivity contribution is -0.123. The number of hydrogen-bond donors (Lipinski definition) is 0. The zero-order valence-electron chi connectivity index (χ0n) is 14.8. The maximum Gasteiger partial charge on any atom is 0.266 e. The molecule has 1 saturated heterocycles. The number of nitrogens with zero attached hydrogens (tertiary/aromatic N) is 2. The zero-order chi connectivity index (χ0) is 17.1. The SMILES string of the molecule is CC(C)N=C1S/C(=C/c2ccc(C(C)C)cc2)C(=O)N1C(C)C. The molecule has 1 aromatic carbocycles. The predicted molar refractivity (Wildman–Crippen MR) is 101 cm³/mol. The Balaban J connectivity index is 2.30. The second-order valence-electron chi connectivity index (χ2n) is 6.71. The summed E-state index contributed by atoms with van der Waals surface area (Å²) in [4.78, 5) is 19.8. The Morgan fingerprint density at radius 1 is 1.04 bits per heavy atom. The molecule has 0 saturated carbocycles. The highest BCUT2D eigenvalue weighted by atomic mass is 32.2. The van der Waals surface area contributed by atoms with E-state index in [1.54, 1.807) is 4.90 Å². The molecule has 1 heterocycles. The molecule has 4 heteroatoms. The summed E-state index contributed by atoms with van der Waals surface area (Å²) < 4.78 is 0. The van der Waals surface area contributed by atoms with Crippen LogP contribution in [0.5, 0.6) is 0 Å². The van der Waals surface area contributed by atoms with Crippen molar-refractivity contribution < 1.29 is 4.79 Å². The summed E-state index contributed by atoms with van der Waals surface area (Å²) in [6.07, 6.45) is 1.97. The first-order valence-corrected chi connectivity index (χ1v) is 9.02. The summed E-state index contributed by atoms with van der Waals surface area (Å²) in [5.74, 6) is 0.567. The topological polar surface area (TPSA) is 32.7 Å². The Labute approximate surface area is 143 Å². The fourth-order valence-corrected chi connectivity index (χ4v) is 3.61. The summed E-state index contributed by atoms with van der Waals surface area (Å²) in [7, 11) is 0. The second kappa shape index (κ2) is 7.35. The van der Waals surface area contributed by atoms with E-state index in [0.717, 1.165) is 15.6 Å². The maximum absolute atomic E-state index is 12.7. The van der Waals surface area contributed by atoms with Crippen LogP contribution in [0.2, 0.25) is 0 Å². The molecule has 1 aliphatic heterocycles. The molecule has 1 aromatic rings. The zero-order valence-corrected chi connectivity index (χ0v) is 15.6. The average Bonchev–Trinajstić information content (AvgIpc) is 2.74. The van der Waals surface area contributed by atoms with Gasteiger partial charge in [-0.1, -0.05) is 38.1 Å². The Morgan fingerprint density at radius 3 is 2.13 bits per heavy atom. The van der Waals surface area contributed by atoms with Gasteiger partial charge in [0.15, 0.2) is 5.17 Å². The number of rotatable bonds is 4. The van der Waals surface area contributed by atoms with Crippen molar-refractivity contribution in [2.24, 2.45) is 4.99 Å². The highest BCUT2D eigenvalue weighted by Crippen LogP contribution is 2.34. The Hall–Kier alpha value is -1.55. The van der Waals surface area contributed by atoms with E-state index in [0.29, 0.717) is 5.92 Å². The van der Waals surface area contributed by atoms with Gasteiger partial charge >= 0.3 is 0 Å². The van der Waals surface area contributed by atoms with E-state index in [1.165, 1.54) is 17.3 Å². The molecule has 1 aliphatic rings. The highest BCUT2D eigenvalue weighted by molar-refractivity contribution is 8.18. The Kier molecular flexibility index (Phi) is 5.69. The van der Waals surface area contributed by atoms with Crippen LogP contribution in [-0.2, 0) is 4.79 Å². The second-order valence-corrected chi connectivity index (χ2v) is 7.72. The van der Waals surface area contributed by atoms with Gasteiger partial charge < -0.3 is 0 Å². The minimum atomic E-state index is 0.0531. The minimum Gasteiger partial charge on any atom is -0.284 e. The molecule has 0 bridgehead atoms. The first kappa shape index (κ1) is 17.8. The fraction of sp³-hybridized carbons (Fsp3) is 0.474. The van der Waals surface area contributed by atoms with Crippen molar-refractivity contribution in [2.75, 3.05) is 0 Å². The van der Waals surface area contributed by atoms with Crippen molar-refractivity contribution in [3.8, 4) is 0 Å². The number of hydrogen-bond acceptors (Lipinski definition) is 3. The van der Waals surface area contributed by atoms with Crippen molar-refractivity contribution in [3.05, 3.63) is 40.3 Å². The summed E-state index contributed by atoms with van der Waals surface area (Å²) in [5, 5.41) is 0.810. The van der Waals surface area contributed by atoms with Gasteiger partial charge in [-0.3, -0.25) is 14.7 Å². The van der Waals surface area contributed by atoms with Gasteiger partial charge in [-0.15, -0.1) is 0 Å². The molecular formula is C19H26N2OS. The molecule has 0 unspecified atom stereocenters. The highest BCUT2D eigenvalue weighted by Gasteiger charge is 2.35. The normalized spacial score (nSPS) is 19.2. The number of amidine groups is 1. The largest absolute Gasteiger partial charge is 0.284 e. The van der Waals surface area contributed by atoms with Crippen LogP contribution < -0.4 is 0 Å². The van der Waals surface area contributed by atoms with E-state index in [1.807, 2.05) is 33.8 Å². The first-order valence-electron chi connectivity index (χ1n) is 8.20. The maximum atomic E-state index is 12.7. The van der Waals surface area contributed by atoms with Gasteiger partial charge in [-0.05, 0) is 62.6 Å². The van der Waals surface area contributed by atoms with Gasteiger partial charge in [0.2, 0.25) is 0 Å². The molecular weight excluding hydrogens is 304 g/mol. The third-order valence-corrected chi connectivity index (χ3v) is 4.62. The summed E-state index contributed by atoms with van der Waals surface area (Å²) >= 11 is 1.48. The van der Waals surface area contributed by atoms with E-state index >= 15 is 0 Å². The molecule has 0 radical (unpaired) electrons. The molecule has 2 rings (SSSR count). The molecule has 3 nitrogen and oxygen atoms in total. The van der Waals surface area contributed by atoms with E-state index < -0.39 is 0 Å². The van der Waals surface area contributed by atoms with E-state index in [-0.39, 0.29) is 18.0 Å². The summed E-state index contributed by atoms with van der Waals surface area (Å²) in [6, 6.07) is 8.70. The molecule has 23 heavy (non-hydrogen) atoms. The quantitative estimate of drug-likeness (QED) is 0.736. The molecule has 0 aromatic heterocycles. The summed E-state index contributed by atoms with van der Waals surface area (Å²) in [5.41, 5.74) is 2.36. The summed E-state index contributed by atoms with van der Waals surface area (Å²) in [6.45, 7) is 12.5. The molecule has 0 aliphatic carbocycles. The lowest BCUT2D eigenvalue weighted by atomic mass is 10.0. The number of thioether (sulfide) groups is 1. The van der Waals surface area contributed by atoms with Crippen molar-refractivity contribution in [1.29, 1.82) is 0 Å². The van der Waals surface area contributed by atoms with Gasteiger partial charge in [0.25, 0.3) is 5.91 Å². The standard InChI is InChI=1S/C19H26N2OS/c1-12(2)16-9-7-15(8-10-16)11-17-18(22)21(14(5)6)19(23-17)20-13(3)4/h7-14H,1-6H3/b17-11+,20-19?. The van der Waals surface area contributed by atoms with Crippen LogP contribution in [0.25, 0.3) is 6.08 Å². The van der Waals surface area contributed by atoms with Crippen molar-refractivity contribution in [2.45, 2.75) is 59.5 Å². The van der Waals surface area contributed by atoms with Crippen LogP contribution in [0.1, 0.15) is 58.6 Å². The average molecular weight is 330 g/mol. The minimum absolute atomic E-state index is 0.0531. The van der Waals surface area contributed by atoms with Gasteiger partial charge in [0, 0.05) is 12.1 Å². The van der Waals surface area contributed by atoms with Crippen LogP contribution >= 0.6 is 11.8 Å². The third kappa shape index (κ3) is 4.25. The third-order valence-electron chi connectivity index (χ3n) is 3.62. The van der Waals surface area contributed by atoms with Gasteiger partial charge in [0.1, 0.15) is 0 Å². The number of carbonyl (C=O) groups is 1. The van der Waals surface area contributed by atoms with Crippen LogP contribution in [0.15, 0.2) is 34.2 Å². The number of carbonyl (C=O) groups excluding carboxylic acids is 1. The molecule has 0 atom stereocenters. The van der Waals surface area contributed by atoms with Crippen LogP contribution in [-0.4, -0.2) is 28.1 Å². The van der Waals surface area contributed by atoms with Crippen molar-refractivity contribution in [3.63, 3.8) is 0 Å². The van der Waals surface area contributed by atoms with E-state index in [2.05, 4.69) is 43.1 Å². The van der Waals surface area contributed by atoms with Gasteiger partial charge in [-0.2, -0.15) is 0 Å². The van der Waals surface area contributed by atoms with Crippen LogP contribution in [0, 0.1) is 0 Å². The lowest BCUT2D eigenvalue weighted by Gasteiger charge is -2.20. The fourth-order valence-electron chi connectivity index (χ4n) is 2.38. The van der Waals surface area contributed by atoms with Gasteiger partial charge in [0.05, 0.1) is 4.91 Å². The van der Waals surface area contributed by atoms with E-state index in [4.69, 9.17) is 0 Å². The Bertz CT molecular complexity index is 627. The van der Waals surface area contributed by atoms with Gasteiger partial charge in [-0.25, -0.2) is 0 Å². The van der Waals surface area contributed by atoms with Crippen molar-refractivity contribution in [1.82, 2.24) is 4.90 Å². The van der Waals surface area contributed by atoms with E-state index in [9.17, 15) is 4.79 Å². The number of aliphatic imine (C=N–C) groups is 1. The predicted octanol–water partition coefficient (Wildman–Crippen LogP) is 4.90. The number of benzene rings is 1. The number of amides is 1. The smallest absolute Gasteiger partial charge is 0.266 e. The molecule has 1 amide bonds. The molecule has 0 N–H and O–H groups in total. The first-order chi connectivity index (χ1) is 10.8. The molecule has 124 valence electrons. The monoisotopic (exact) mass is 330 g/mol. The van der Waals surface area contributed by atoms with Crippen molar-refractivity contribution >= 4 is 28.9 Å². The molecule has 1 fully saturated rings. The lowest BCUT2D eigenvalue weighted by Crippen LogP contribution is -2.35. The Morgan fingerprint density at radius 2 is 1.65 bits per heavy atom. The molecule has 0 spiro atoms.